The predicted octanol–water partition coefficient (Wildman–Crippen LogP) is 4.38. The average molecular weight is 459 g/mol. The van der Waals surface area contributed by atoms with Gasteiger partial charge in [0.05, 0.1) is 28.4 Å². The number of anilines is 2. The van der Waals surface area contributed by atoms with Crippen molar-refractivity contribution < 1.29 is 9.59 Å². The zero-order valence-corrected chi connectivity index (χ0v) is 18.0. The number of hydrogen-bond donors (Lipinski definition) is 1. The van der Waals surface area contributed by atoms with Gasteiger partial charge < -0.3 is 10.2 Å². The van der Waals surface area contributed by atoms with E-state index in [9.17, 15) is 14.5 Å². The van der Waals surface area contributed by atoms with E-state index < -0.39 is 18.0 Å². The number of carbonyl (C=O) groups is 2. The van der Waals surface area contributed by atoms with E-state index in [4.69, 9.17) is 23.2 Å². The number of carbonyl (C=O) groups excluding carboxylic acids is 2. The monoisotopic (exact) mass is 458 g/mol. The minimum absolute atomic E-state index is 0.0236. The highest BCUT2D eigenvalue weighted by atomic mass is 35.5. The molecule has 1 N–H and O–H groups in total. The Morgan fingerprint density at radius 2 is 1.87 bits per heavy atom. The van der Waals surface area contributed by atoms with Gasteiger partial charge in [0.25, 0.3) is 11.8 Å². The van der Waals surface area contributed by atoms with Gasteiger partial charge in [-0.25, -0.2) is 4.68 Å². The molecule has 0 saturated carbocycles. The Balaban J connectivity index is 1.72. The van der Waals surface area contributed by atoms with Gasteiger partial charge >= 0.3 is 0 Å². The third-order valence-corrected chi connectivity index (χ3v) is 5.53. The number of fused-ring (bicyclic) bond motifs is 1. The van der Waals surface area contributed by atoms with Gasteiger partial charge in [-0.05, 0) is 49.4 Å². The van der Waals surface area contributed by atoms with Gasteiger partial charge in [-0.3, -0.25) is 14.6 Å². The summed E-state index contributed by atoms with van der Waals surface area (Å²) in [4.78, 5) is 43.3. The molecular weight excluding hydrogens is 443 g/mol. The van der Waals surface area contributed by atoms with Crippen molar-refractivity contribution in [2.75, 3.05) is 16.8 Å². The highest BCUT2D eigenvalue weighted by Crippen LogP contribution is 2.32. The number of aryl methyl sites for hydroxylation is 2. The van der Waals surface area contributed by atoms with Gasteiger partial charge in [0.1, 0.15) is 5.69 Å². The molecule has 11 heteroatoms. The molecule has 9 nitrogen and oxygen atoms in total. The topological polar surface area (TPSA) is 110 Å². The van der Waals surface area contributed by atoms with Crippen molar-refractivity contribution >= 4 is 46.4 Å². The summed E-state index contributed by atoms with van der Waals surface area (Å²) in [5.74, 6) is -1.05. The van der Waals surface area contributed by atoms with Crippen LogP contribution in [0.4, 0.5) is 11.4 Å². The van der Waals surface area contributed by atoms with Crippen LogP contribution in [0.15, 0.2) is 41.7 Å². The van der Waals surface area contributed by atoms with Gasteiger partial charge in [-0.1, -0.05) is 23.2 Å². The standard InChI is InChI=1S/C20H16Cl2N6O3/c1-10-5-12(6-11(2)24-10)25-19(29)14-8-23-28-17(26-31)9-27(20(30)18(14)28)13-3-4-15(21)16(22)7-13/h3-8,17H,9H2,1-2H3,(H,24,25,29)/t17-/m1/s1. The van der Waals surface area contributed by atoms with Gasteiger partial charge in [0.15, 0.2) is 0 Å². The minimum Gasteiger partial charge on any atom is -0.322 e. The molecule has 2 aromatic heterocycles. The van der Waals surface area contributed by atoms with E-state index in [0.29, 0.717) is 16.4 Å². The molecule has 0 bridgehead atoms. The lowest BCUT2D eigenvalue weighted by atomic mass is 10.1. The van der Waals surface area contributed by atoms with E-state index in [1.54, 1.807) is 24.3 Å². The normalized spacial score (nSPS) is 15.5. The van der Waals surface area contributed by atoms with E-state index in [1.165, 1.54) is 21.8 Å². The lowest BCUT2D eigenvalue weighted by molar-refractivity contribution is 0.0937. The number of halogens is 2. The molecule has 0 aliphatic carbocycles. The highest BCUT2D eigenvalue weighted by molar-refractivity contribution is 6.42. The fourth-order valence-electron chi connectivity index (χ4n) is 3.48. The van der Waals surface area contributed by atoms with Crippen molar-refractivity contribution in [1.82, 2.24) is 14.8 Å². The summed E-state index contributed by atoms with van der Waals surface area (Å²) in [5.41, 5.74) is 2.41. The minimum atomic E-state index is -1.01. The number of amides is 2. The molecule has 0 radical (unpaired) electrons. The highest BCUT2D eigenvalue weighted by Gasteiger charge is 2.37. The quantitative estimate of drug-likeness (QED) is 0.583. The van der Waals surface area contributed by atoms with Crippen molar-refractivity contribution in [1.29, 1.82) is 0 Å². The Morgan fingerprint density at radius 1 is 1.16 bits per heavy atom. The predicted molar refractivity (Wildman–Crippen MR) is 117 cm³/mol. The van der Waals surface area contributed by atoms with Crippen LogP contribution in [-0.4, -0.2) is 33.1 Å². The maximum atomic E-state index is 13.3. The van der Waals surface area contributed by atoms with Crippen molar-refractivity contribution in [2.24, 2.45) is 5.18 Å². The Kier molecular flexibility index (Phi) is 5.47. The van der Waals surface area contributed by atoms with Crippen LogP contribution in [0.3, 0.4) is 0 Å². The van der Waals surface area contributed by atoms with Crippen LogP contribution in [0.25, 0.3) is 0 Å². The number of aromatic nitrogens is 3. The third-order valence-electron chi connectivity index (χ3n) is 4.79. The van der Waals surface area contributed by atoms with Crippen molar-refractivity contribution in [3.63, 3.8) is 0 Å². The maximum Gasteiger partial charge on any atom is 0.277 e. The summed E-state index contributed by atoms with van der Waals surface area (Å²) >= 11 is 12.1. The summed E-state index contributed by atoms with van der Waals surface area (Å²) in [6, 6.07) is 8.07. The van der Waals surface area contributed by atoms with E-state index >= 15 is 0 Å². The lowest BCUT2D eigenvalue weighted by Crippen LogP contribution is -2.43. The van der Waals surface area contributed by atoms with Crippen LogP contribution in [0.5, 0.6) is 0 Å². The van der Waals surface area contributed by atoms with Gasteiger partial charge in [0.2, 0.25) is 6.17 Å². The summed E-state index contributed by atoms with van der Waals surface area (Å²) in [6.45, 7) is 3.56. The second kappa shape index (κ2) is 8.09. The van der Waals surface area contributed by atoms with Crippen molar-refractivity contribution in [3.05, 3.63) is 74.1 Å². The van der Waals surface area contributed by atoms with Crippen molar-refractivity contribution in [2.45, 2.75) is 20.0 Å². The number of hydrogen-bond acceptors (Lipinski definition) is 6. The summed E-state index contributed by atoms with van der Waals surface area (Å²) < 4.78 is 1.17. The van der Waals surface area contributed by atoms with E-state index in [0.717, 1.165) is 11.4 Å². The number of nitrogens with zero attached hydrogens (tertiary/aromatic N) is 5. The van der Waals surface area contributed by atoms with E-state index in [1.807, 2.05) is 13.8 Å². The number of pyridine rings is 1. The Bertz CT molecular complexity index is 1210. The molecule has 158 valence electrons. The van der Waals surface area contributed by atoms with E-state index in [-0.39, 0.29) is 22.8 Å². The summed E-state index contributed by atoms with van der Waals surface area (Å²) in [6.07, 6.45) is 0.245. The fraction of sp³-hybridized carbons (Fsp3) is 0.200. The molecule has 0 fully saturated rings. The van der Waals surface area contributed by atoms with Crippen molar-refractivity contribution in [3.8, 4) is 0 Å². The molecule has 0 unspecified atom stereocenters. The van der Waals surface area contributed by atoms with Gasteiger partial charge in [0, 0.05) is 22.8 Å². The average Bonchev–Trinajstić information content (AvgIpc) is 3.16. The molecule has 2 amide bonds. The first-order valence-corrected chi connectivity index (χ1v) is 9.97. The SMILES string of the molecule is Cc1cc(NC(=O)c2cnn3c2C(=O)N(c2ccc(Cl)c(Cl)c2)C[C@@H]3N=O)cc(C)n1. The molecule has 0 saturated heterocycles. The van der Waals surface area contributed by atoms with Crippen LogP contribution in [0.2, 0.25) is 10.0 Å². The Labute approximate surface area is 186 Å². The molecule has 31 heavy (non-hydrogen) atoms. The number of benzene rings is 1. The first kappa shape index (κ1) is 21.0. The molecule has 3 aromatic rings. The molecule has 1 atom stereocenters. The number of rotatable bonds is 4. The first-order chi connectivity index (χ1) is 14.8. The largest absolute Gasteiger partial charge is 0.322 e. The molecule has 3 heterocycles. The van der Waals surface area contributed by atoms with Crippen LogP contribution in [-0.2, 0) is 0 Å². The molecule has 1 aromatic carbocycles. The maximum absolute atomic E-state index is 13.3. The van der Waals surface area contributed by atoms with Crippen LogP contribution in [0, 0.1) is 18.8 Å². The van der Waals surface area contributed by atoms with E-state index in [2.05, 4.69) is 20.6 Å². The molecule has 4 rings (SSSR count). The Hall–Kier alpha value is -3.30. The first-order valence-electron chi connectivity index (χ1n) is 9.22. The number of nitrogens with one attached hydrogen (secondary N) is 1. The summed E-state index contributed by atoms with van der Waals surface area (Å²) in [5, 5.41) is 10.5. The second-order valence-electron chi connectivity index (χ2n) is 7.04. The third kappa shape index (κ3) is 3.89. The zero-order valence-electron chi connectivity index (χ0n) is 16.5. The van der Waals surface area contributed by atoms with Gasteiger partial charge in [-0.15, -0.1) is 4.91 Å². The fourth-order valence-corrected chi connectivity index (χ4v) is 3.77. The lowest BCUT2D eigenvalue weighted by Gasteiger charge is -2.30. The van der Waals surface area contributed by atoms with Crippen LogP contribution in [0.1, 0.15) is 38.4 Å². The molecule has 0 spiro atoms. The zero-order chi connectivity index (χ0) is 22.3. The van der Waals surface area contributed by atoms with Gasteiger partial charge in [-0.2, -0.15) is 5.10 Å². The molecular formula is C20H16Cl2N6O3. The molecule has 1 aliphatic rings. The second-order valence-corrected chi connectivity index (χ2v) is 7.86. The Morgan fingerprint density at radius 3 is 2.52 bits per heavy atom. The van der Waals surface area contributed by atoms with Crippen LogP contribution >= 0.6 is 23.2 Å². The smallest absolute Gasteiger partial charge is 0.277 e. The number of nitroso groups, excluding NO2 is 1. The van der Waals surface area contributed by atoms with Crippen LogP contribution < -0.4 is 10.2 Å². The summed E-state index contributed by atoms with van der Waals surface area (Å²) in [7, 11) is 0. The molecule has 1 aliphatic heterocycles.